The van der Waals surface area contributed by atoms with Gasteiger partial charge < -0.3 is 35.4 Å². The minimum absolute atomic E-state index is 0.0507. The molecule has 2 unspecified atom stereocenters. The highest BCUT2D eigenvalue weighted by atomic mass is 35.5. The van der Waals surface area contributed by atoms with Gasteiger partial charge in [-0.3, -0.25) is 33.5 Å². The number of amides is 2. The Morgan fingerprint density at radius 2 is 1.07 bits per heavy atom. The first kappa shape index (κ1) is 64.2. The van der Waals surface area contributed by atoms with Crippen LogP contribution in [0.25, 0.3) is 0 Å². The Balaban J connectivity index is 0.000000309. The highest BCUT2D eigenvalue weighted by molar-refractivity contribution is 8.49. The first-order chi connectivity index (χ1) is 33.4. The minimum atomic E-state index is -0.337. The molecule has 70 heavy (non-hydrogen) atoms. The third-order valence-electron chi connectivity index (χ3n) is 15.7. The predicted molar refractivity (Wildman–Crippen MR) is 293 cm³/mol. The van der Waals surface area contributed by atoms with Crippen molar-refractivity contribution >= 4 is 108 Å². The van der Waals surface area contributed by atoms with Crippen LogP contribution >= 0.6 is 61.4 Å². The molecule has 0 aromatic heterocycles. The van der Waals surface area contributed by atoms with E-state index in [0.717, 1.165) is 122 Å². The number of nitrogens with one attached hydrogen (secondary N) is 4. The predicted octanol–water partition coefficient (Wildman–Crippen LogP) is 8.56. The van der Waals surface area contributed by atoms with Crippen LogP contribution in [0.5, 0.6) is 0 Å². The number of nitrogens with two attached hydrogens (primary N) is 1. The lowest BCUT2D eigenvalue weighted by atomic mass is 9.52. The number of fused-ring (bicyclic) bond motifs is 9. The number of carbonyl (C=O) groups is 6. The number of benzene rings is 1. The van der Waals surface area contributed by atoms with Crippen LogP contribution in [-0.2, 0) is 47.8 Å². The number of methoxy groups -OCH3 is 1. The van der Waals surface area contributed by atoms with Gasteiger partial charge in [0.05, 0.1) is 30.7 Å². The van der Waals surface area contributed by atoms with E-state index in [4.69, 9.17) is 26.8 Å². The minimum Gasteiger partial charge on any atom is -0.466 e. The van der Waals surface area contributed by atoms with Crippen LogP contribution in [0, 0.1) is 32.5 Å². The van der Waals surface area contributed by atoms with Crippen molar-refractivity contribution in [2.75, 3.05) is 54.6 Å². The summed E-state index contributed by atoms with van der Waals surface area (Å²) in [6, 6.07) is 10.5. The van der Waals surface area contributed by atoms with E-state index in [0.29, 0.717) is 32.8 Å². The van der Waals surface area contributed by atoms with E-state index in [1.54, 1.807) is 28.3 Å². The number of thiol groups is 2. The number of hydrogen-bond acceptors (Lipinski definition) is 15. The van der Waals surface area contributed by atoms with E-state index in [9.17, 15) is 28.8 Å². The fraction of sp³-hybridized carbons (Fsp3) is 0.735. The molecule has 9 fully saturated rings. The van der Waals surface area contributed by atoms with Crippen LogP contribution in [0.2, 0.25) is 0 Å². The fourth-order valence-electron chi connectivity index (χ4n) is 10.9. The molecule has 15 nitrogen and oxygen atoms in total. The van der Waals surface area contributed by atoms with Gasteiger partial charge in [-0.15, -0.1) is 0 Å². The average Bonchev–Trinajstić information content (AvgIpc) is 3.40. The lowest BCUT2D eigenvalue weighted by molar-refractivity contribution is -0.168. The average molecular weight is 1090 g/mol. The molecule has 9 aliphatic rings. The van der Waals surface area contributed by atoms with Crippen molar-refractivity contribution in [3.05, 3.63) is 30.3 Å². The number of ether oxygens (including phenoxy) is 3. The van der Waals surface area contributed by atoms with E-state index in [1.165, 1.54) is 13.2 Å². The van der Waals surface area contributed by atoms with Crippen molar-refractivity contribution < 1.29 is 47.8 Å². The zero-order valence-corrected chi connectivity index (χ0v) is 48.0. The highest BCUT2D eigenvalue weighted by Crippen LogP contribution is 2.60. The number of rotatable bonds is 15. The molecular weight excluding hydrogens is 1010 g/mol. The normalized spacial score (nSPS) is 28.8. The summed E-state index contributed by atoms with van der Waals surface area (Å²) in [6.07, 6.45) is 20.5. The van der Waals surface area contributed by atoms with Crippen LogP contribution in [0.1, 0.15) is 142 Å². The number of esters is 2. The molecule has 0 spiro atoms. The molecular formula is C49H83ClN5O10P3S2. The molecule has 0 radical (unpaired) electrons. The first-order valence-electron chi connectivity index (χ1n) is 24.5. The molecule has 21 heteroatoms. The summed E-state index contributed by atoms with van der Waals surface area (Å²) < 4.78 is 17.3. The zero-order valence-electron chi connectivity index (χ0n) is 42.5. The molecule has 6 bridgehead atoms. The second-order valence-corrected chi connectivity index (χ2v) is 26.6. The van der Waals surface area contributed by atoms with Gasteiger partial charge in [-0.2, -0.15) is 0 Å². The SMILES string of the molecule is C=PP(P)c1ccccc1.CCOC(=O)C12CCC(C(=O)Cl)(CC1)CC2.CCOC(=O)C12CCC(C(=O)NC)(CC1)CC2.CNC(=O)C12CCC(CCC(=O)ONS)(CC1)CC2.CNS.COCCN. The number of halogens is 1. The molecule has 10 rings (SSSR count). The second-order valence-electron chi connectivity index (χ2n) is 19.2. The van der Waals surface area contributed by atoms with E-state index < -0.39 is 0 Å². The third kappa shape index (κ3) is 17.6. The van der Waals surface area contributed by atoms with Crippen LogP contribution in [-0.4, -0.2) is 95.9 Å². The Hall–Kier alpha value is -1.90. The van der Waals surface area contributed by atoms with Crippen LogP contribution < -0.4 is 31.3 Å². The molecule has 1 aromatic rings. The molecule has 9 saturated carbocycles. The van der Waals surface area contributed by atoms with Gasteiger partial charge in [0.15, 0.2) is 0 Å². The summed E-state index contributed by atoms with van der Waals surface area (Å²) >= 11 is 12.8. The van der Waals surface area contributed by atoms with Crippen molar-refractivity contribution in [1.29, 1.82) is 0 Å². The Bertz CT molecular complexity index is 1760. The van der Waals surface area contributed by atoms with Crippen LogP contribution in [0.4, 0.5) is 0 Å². The molecule has 2 atom stereocenters. The van der Waals surface area contributed by atoms with Gasteiger partial charge in [0.1, 0.15) is 0 Å². The highest BCUT2D eigenvalue weighted by Gasteiger charge is 2.57. The van der Waals surface area contributed by atoms with Crippen LogP contribution in [0.15, 0.2) is 30.3 Å². The van der Waals surface area contributed by atoms with E-state index in [1.807, 2.05) is 19.9 Å². The van der Waals surface area contributed by atoms with Gasteiger partial charge in [-0.05, 0) is 173 Å². The summed E-state index contributed by atoms with van der Waals surface area (Å²) in [5.41, 5.74) is 3.98. The van der Waals surface area contributed by atoms with Gasteiger partial charge >= 0.3 is 17.9 Å². The van der Waals surface area contributed by atoms with Crippen molar-refractivity contribution in [2.24, 2.45) is 38.2 Å². The third-order valence-corrected chi connectivity index (χ3v) is 21.3. The van der Waals surface area contributed by atoms with E-state index in [2.05, 4.69) is 94.9 Å². The summed E-state index contributed by atoms with van der Waals surface area (Å²) in [5.74, 6) is -0.0530. The monoisotopic (exact) mass is 1090 g/mol. The summed E-state index contributed by atoms with van der Waals surface area (Å²) in [6.45, 7) is 5.83. The van der Waals surface area contributed by atoms with Crippen LogP contribution in [0.3, 0.4) is 0 Å². The molecule has 6 N–H and O–H groups in total. The topological polar surface area (TPSA) is 213 Å². The maximum atomic E-state index is 12.0. The van der Waals surface area contributed by atoms with Gasteiger partial charge in [-0.1, -0.05) is 84.0 Å². The smallest absolute Gasteiger partial charge is 0.325 e. The van der Waals surface area contributed by atoms with Crippen molar-refractivity contribution in [2.45, 2.75) is 142 Å². The molecule has 0 heterocycles. The quantitative estimate of drug-likeness (QED) is 0.0219. The summed E-state index contributed by atoms with van der Waals surface area (Å²) in [5, 5.41) is 6.75. The van der Waals surface area contributed by atoms with Gasteiger partial charge in [-0.25, -0.2) is 0 Å². The fourth-order valence-corrected chi connectivity index (χ4v) is 13.4. The van der Waals surface area contributed by atoms with Crippen molar-refractivity contribution in [1.82, 2.24) is 20.2 Å². The van der Waals surface area contributed by atoms with Gasteiger partial charge in [0.2, 0.25) is 17.1 Å². The standard InChI is InChI=1S/C13H22N2O3S.C13H21NO3.C12H17ClO3.C7H9P3.C3H9NO.CH5NS/c1-14-11(17)13-7-4-12(5-8-13,6-9-13)3-2-10(16)18-15-19;1-3-17-11(16)13-7-4-12(5-8-13,6-9-13)10(15)14-2;1-2-16-10(15)12-6-3-11(4-7-12,5-8-12)9(13)14;1-9-10(8)7-5-3-2-4-6-7;1-5-3-2-4;1-2-3/h15,19H,2-9H2,1H3,(H,14,17);3-9H2,1-2H3,(H,14,15);2-8H2,1H3;2-6H,1,8H2;2-4H2,1H3;2-3H,1H3. The van der Waals surface area contributed by atoms with Crippen molar-refractivity contribution in [3.8, 4) is 0 Å². The largest absolute Gasteiger partial charge is 0.466 e. The zero-order chi connectivity index (χ0) is 52.5. The second kappa shape index (κ2) is 31.7. The summed E-state index contributed by atoms with van der Waals surface area (Å²) in [7, 11) is 10.7. The lowest BCUT2D eigenvalue weighted by Gasteiger charge is -2.52. The van der Waals surface area contributed by atoms with Gasteiger partial charge in [0.25, 0.3) is 0 Å². The van der Waals surface area contributed by atoms with Gasteiger partial charge in [0, 0.05) is 50.4 Å². The number of hydrogen-bond donors (Lipinski definition) is 7. The Morgan fingerprint density at radius 1 is 0.700 bits per heavy atom. The molecule has 1 aromatic carbocycles. The van der Waals surface area contributed by atoms with E-state index in [-0.39, 0.29) is 74.8 Å². The van der Waals surface area contributed by atoms with E-state index >= 15 is 0 Å². The first-order valence-corrected chi connectivity index (χ1v) is 30.5. The Kier molecular flexibility index (Phi) is 29.1. The Morgan fingerprint density at radius 3 is 1.37 bits per heavy atom. The lowest BCUT2D eigenvalue weighted by Crippen LogP contribution is -2.52. The molecule has 0 saturated heterocycles. The van der Waals surface area contributed by atoms with Crippen molar-refractivity contribution in [3.63, 3.8) is 0 Å². The maximum Gasteiger partial charge on any atom is 0.325 e. The summed E-state index contributed by atoms with van der Waals surface area (Å²) in [4.78, 5) is 77.4. The maximum absolute atomic E-state index is 12.0. The Labute approximate surface area is 439 Å². The molecule has 2 amide bonds. The molecule has 398 valence electrons. The number of carbonyl (C=O) groups excluding carboxylic acids is 6. The molecule has 0 aliphatic heterocycles. The molecule has 9 aliphatic carbocycles.